The van der Waals surface area contributed by atoms with Gasteiger partial charge in [-0.1, -0.05) is 11.8 Å². The number of pyridine rings is 1. The number of nitrogens with zero attached hydrogens (tertiary/aromatic N) is 4. The van der Waals surface area contributed by atoms with Gasteiger partial charge in [0.05, 0.1) is 0 Å². The smallest absolute Gasteiger partial charge is 0.396 e. The van der Waals surface area contributed by atoms with E-state index in [0.29, 0.717) is 9.92 Å². The van der Waals surface area contributed by atoms with Gasteiger partial charge in [-0.3, -0.25) is 0 Å². The third-order valence-electron chi connectivity index (χ3n) is 2.20. The zero-order valence-electron chi connectivity index (χ0n) is 9.68. The largest absolute Gasteiger partial charge is 0.477 e. The highest BCUT2D eigenvalue weighted by Crippen LogP contribution is 2.33. The van der Waals surface area contributed by atoms with Crippen molar-refractivity contribution in [3.05, 3.63) is 40.5 Å². The Bertz CT molecular complexity index is 655. The van der Waals surface area contributed by atoms with E-state index >= 15 is 0 Å². The van der Waals surface area contributed by atoms with Crippen LogP contribution in [0.1, 0.15) is 10.5 Å². The van der Waals surface area contributed by atoms with E-state index in [1.54, 1.807) is 13.1 Å². The van der Waals surface area contributed by atoms with Crippen molar-refractivity contribution >= 4 is 23.5 Å². The minimum absolute atomic E-state index is 0.116. The van der Waals surface area contributed by atoms with Crippen LogP contribution in [0.15, 0.2) is 34.6 Å². The third-order valence-corrected chi connectivity index (χ3v) is 3.36. The fraction of sp³-hybridized carbons (Fsp3) is 0.100. The van der Waals surface area contributed by atoms with Crippen molar-refractivity contribution in [1.82, 2.24) is 14.5 Å². The SMILES string of the molecule is Cn1cnc([N+](=O)[O-])c1Sc1ccnc(C(=O)O)c1. The summed E-state index contributed by atoms with van der Waals surface area (Å²) >= 11 is 1.06. The van der Waals surface area contributed by atoms with Crippen LogP contribution in [0.25, 0.3) is 0 Å². The van der Waals surface area contributed by atoms with E-state index in [-0.39, 0.29) is 11.5 Å². The molecular formula is C10H8N4O4S. The Morgan fingerprint density at radius 2 is 2.26 bits per heavy atom. The molecule has 0 radical (unpaired) electrons. The van der Waals surface area contributed by atoms with Gasteiger partial charge in [0.2, 0.25) is 6.33 Å². The van der Waals surface area contributed by atoms with E-state index in [0.717, 1.165) is 11.8 Å². The molecule has 0 amide bonds. The van der Waals surface area contributed by atoms with Gasteiger partial charge in [0.1, 0.15) is 5.69 Å². The molecule has 19 heavy (non-hydrogen) atoms. The molecule has 2 aromatic rings. The van der Waals surface area contributed by atoms with Gasteiger partial charge in [-0.2, -0.15) is 0 Å². The maximum absolute atomic E-state index is 10.8. The monoisotopic (exact) mass is 280 g/mol. The molecule has 0 fully saturated rings. The highest BCUT2D eigenvalue weighted by Gasteiger charge is 2.21. The van der Waals surface area contributed by atoms with Crippen LogP contribution < -0.4 is 0 Å². The lowest BCUT2D eigenvalue weighted by atomic mass is 10.3. The summed E-state index contributed by atoms with van der Waals surface area (Å²) in [5.41, 5.74) is -0.116. The Kier molecular flexibility index (Phi) is 3.47. The lowest BCUT2D eigenvalue weighted by molar-refractivity contribution is -0.392. The highest BCUT2D eigenvalue weighted by molar-refractivity contribution is 7.99. The van der Waals surface area contributed by atoms with Crippen molar-refractivity contribution in [2.75, 3.05) is 0 Å². The van der Waals surface area contributed by atoms with E-state index in [1.807, 2.05) is 0 Å². The van der Waals surface area contributed by atoms with E-state index in [2.05, 4.69) is 9.97 Å². The van der Waals surface area contributed by atoms with Crippen LogP contribution in [-0.4, -0.2) is 30.5 Å². The number of imidazole rings is 1. The third kappa shape index (κ3) is 2.71. The molecule has 2 aromatic heterocycles. The summed E-state index contributed by atoms with van der Waals surface area (Å²) in [6, 6.07) is 2.93. The number of carbonyl (C=O) groups is 1. The average Bonchev–Trinajstić information content (AvgIpc) is 2.71. The molecule has 0 saturated carbocycles. The van der Waals surface area contributed by atoms with Crippen molar-refractivity contribution in [3.8, 4) is 0 Å². The standard InChI is InChI=1S/C10H8N4O4S/c1-13-5-12-8(14(17)18)9(13)19-6-2-3-11-7(4-6)10(15)16/h2-5H,1H3,(H,15,16). The second-order valence-corrected chi connectivity index (χ2v) is 4.59. The van der Waals surface area contributed by atoms with Crippen LogP contribution >= 0.6 is 11.8 Å². The number of rotatable bonds is 4. The zero-order valence-corrected chi connectivity index (χ0v) is 10.5. The number of aromatic nitrogens is 3. The maximum atomic E-state index is 10.8. The molecule has 2 rings (SSSR count). The summed E-state index contributed by atoms with van der Waals surface area (Å²) < 4.78 is 1.50. The molecule has 0 atom stereocenters. The van der Waals surface area contributed by atoms with Crippen molar-refractivity contribution in [1.29, 1.82) is 0 Å². The summed E-state index contributed by atoms with van der Waals surface area (Å²) in [5.74, 6) is -1.41. The summed E-state index contributed by atoms with van der Waals surface area (Å²) in [5, 5.41) is 20.0. The molecule has 2 heterocycles. The normalized spacial score (nSPS) is 10.4. The van der Waals surface area contributed by atoms with Crippen molar-refractivity contribution in [2.24, 2.45) is 7.05 Å². The van der Waals surface area contributed by atoms with Gasteiger partial charge in [-0.15, -0.1) is 0 Å². The first-order valence-corrected chi connectivity index (χ1v) is 5.83. The maximum Gasteiger partial charge on any atom is 0.396 e. The predicted octanol–water partition coefficient (Wildman–Crippen LogP) is 1.57. The number of hydrogen-bond donors (Lipinski definition) is 1. The van der Waals surface area contributed by atoms with Gasteiger partial charge in [-0.05, 0) is 22.0 Å². The minimum atomic E-state index is -1.15. The number of carboxylic acid groups (broad SMARTS) is 1. The van der Waals surface area contributed by atoms with Gasteiger partial charge < -0.3 is 19.8 Å². The molecule has 98 valence electrons. The lowest BCUT2D eigenvalue weighted by Gasteiger charge is -2.02. The Morgan fingerprint density at radius 3 is 2.89 bits per heavy atom. The summed E-state index contributed by atoms with van der Waals surface area (Å²) in [6.45, 7) is 0. The van der Waals surface area contributed by atoms with E-state index in [9.17, 15) is 14.9 Å². The van der Waals surface area contributed by atoms with E-state index in [1.165, 1.54) is 23.2 Å². The molecule has 0 aliphatic rings. The fourth-order valence-corrected chi connectivity index (χ4v) is 2.29. The minimum Gasteiger partial charge on any atom is -0.477 e. The van der Waals surface area contributed by atoms with Crippen LogP contribution in [0.5, 0.6) is 0 Å². The molecule has 0 bridgehead atoms. The van der Waals surface area contributed by atoms with Crippen molar-refractivity contribution < 1.29 is 14.8 Å². The average molecular weight is 280 g/mol. The Hall–Kier alpha value is -2.42. The van der Waals surface area contributed by atoms with Crippen LogP contribution in [0, 0.1) is 10.1 Å². The molecule has 0 spiro atoms. The van der Waals surface area contributed by atoms with E-state index < -0.39 is 10.9 Å². The van der Waals surface area contributed by atoms with Gasteiger partial charge >= 0.3 is 11.8 Å². The first kappa shape index (κ1) is 13.0. The van der Waals surface area contributed by atoms with Crippen LogP contribution in [0.3, 0.4) is 0 Å². The fourth-order valence-electron chi connectivity index (χ4n) is 1.35. The molecule has 0 saturated heterocycles. The van der Waals surface area contributed by atoms with Crippen LogP contribution in [0.4, 0.5) is 5.82 Å². The lowest BCUT2D eigenvalue weighted by Crippen LogP contribution is -1.99. The number of carboxylic acids is 1. The Morgan fingerprint density at radius 1 is 1.53 bits per heavy atom. The first-order chi connectivity index (χ1) is 8.99. The summed E-state index contributed by atoms with van der Waals surface area (Å²) in [4.78, 5) is 28.9. The molecule has 1 N–H and O–H groups in total. The second-order valence-electron chi connectivity index (χ2n) is 3.53. The van der Waals surface area contributed by atoms with Gasteiger partial charge in [0.15, 0.2) is 5.03 Å². The van der Waals surface area contributed by atoms with Gasteiger partial charge in [-0.25, -0.2) is 9.78 Å². The molecule has 9 heteroatoms. The Labute approximate surface area is 111 Å². The van der Waals surface area contributed by atoms with E-state index in [4.69, 9.17) is 5.11 Å². The van der Waals surface area contributed by atoms with Crippen molar-refractivity contribution in [2.45, 2.75) is 9.92 Å². The summed E-state index contributed by atoms with van der Waals surface area (Å²) in [7, 11) is 1.63. The molecule has 0 aliphatic heterocycles. The molecular weight excluding hydrogens is 272 g/mol. The van der Waals surface area contributed by atoms with Crippen molar-refractivity contribution in [3.63, 3.8) is 0 Å². The number of nitro groups is 1. The highest BCUT2D eigenvalue weighted by atomic mass is 32.2. The number of aryl methyl sites for hydroxylation is 1. The second kappa shape index (κ2) is 5.06. The quantitative estimate of drug-likeness (QED) is 0.668. The van der Waals surface area contributed by atoms with Gasteiger partial charge in [0.25, 0.3) is 0 Å². The molecule has 8 nitrogen and oxygen atoms in total. The number of aromatic carboxylic acids is 1. The van der Waals surface area contributed by atoms with Crippen LogP contribution in [0.2, 0.25) is 0 Å². The van der Waals surface area contributed by atoms with Gasteiger partial charge in [0, 0.05) is 18.1 Å². The molecule has 0 aromatic carbocycles. The summed E-state index contributed by atoms with van der Waals surface area (Å²) in [6.07, 6.45) is 2.67. The zero-order chi connectivity index (χ0) is 14.0. The predicted molar refractivity (Wildman–Crippen MR) is 65.2 cm³/mol. The Balaban J connectivity index is 2.36. The van der Waals surface area contributed by atoms with Crippen LogP contribution in [-0.2, 0) is 7.05 Å². The first-order valence-electron chi connectivity index (χ1n) is 5.02. The topological polar surface area (TPSA) is 111 Å². The number of hydrogen-bond acceptors (Lipinski definition) is 6. The molecule has 0 unspecified atom stereocenters. The molecule has 0 aliphatic carbocycles.